The number of benzene rings is 2. The minimum absolute atomic E-state index is 0.259. The van der Waals surface area contributed by atoms with Crippen LogP contribution in [0.25, 0.3) is 0 Å². The predicted molar refractivity (Wildman–Crippen MR) is 101 cm³/mol. The van der Waals surface area contributed by atoms with Crippen LogP contribution in [0.3, 0.4) is 0 Å². The molecule has 0 atom stereocenters. The summed E-state index contributed by atoms with van der Waals surface area (Å²) in [6, 6.07) is 14.3. The third-order valence-corrected chi connectivity index (χ3v) is 3.87. The number of aromatic carboxylic acids is 1. The Morgan fingerprint density at radius 1 is 1.00 bits per heavy atom. The van der Waals surface area contributed by atoms with Gasteiger partial charge in [-0.05, 0) is 60.5 Å². The van der Waals surface area contributed by atoms with E-state index >= 15 is 0 Å². The molecule has 2 aromatic rings. The molecule has 0 spiro atoms. The van der Waals surface area contributed by atoms with E-state index in [2.05, 4.69) is 11.9 Å². The molecule has 0 aliphatic heterocycles. The van der Waals surface area contributed by atoms with Crippen LogP contribution in [-0.4, -0.2) is 23.9 Å². The van der Waals surface area contributed by atoms with Crippen molar-refractivity contribution in [3.8, 4) is 5.75 Å². The van der Waals surface area contributed by atoms with Crippen LogP contribution in [0.4, 0.5) is 5.69 Å². The van der Waals surface area contributed by atoms with Crippen molar-refractivity contribution >= 4 is 17.9 Å². The van der Waals surface area contributed by atoms with Crippen molar-refractivity contribution in [2.45, 2.75) is 39.0 Å². The first-order valence-corrected chi connectivity index (χ1v) is 8.79. The molecule has 0 fully saturated rings. The average molecular weight is 339 g/mol. The molecule has 0 saturated heterocycles. The molecule has 0 aliphatic rings. The van der Waals surface area contributed by atoms with Gasteiger partial charge in [0.2, 0.25) is 0 Å². The molecule has 0 aromatic heterocycles. The Bertz CT molecular complexity index is 675. The van der Waals surface area contributed by atoms with Gasteiger partial charge in [-0.2, -0.15) is 0 Å². The fourth-order valence-electron chi connectivity index (χ4n) is 2.38. The van der Waals surface area contributed by atoms with E-state index in [-0.39, 0.29) is 5.56 Å². The molecule has 2 rings (SSSR count). The Balaban J connectivity index is 1.80. The van der Waals surface area contributed by atoms with E-state index in [1.165, 1.54) is 25.7 Å². The van der Waals surface area contributed by atoms with E-state index in [4.69, 9.17) is 9.84 Å². The van der Waals surface area contributed by atoms with Gasteiger partial charge in [0.1, 0.15) is 5.75 Å². The molecule has 0 heterocycles. The van der Waals surface area contributed by atoms with Gasteiger partial charge < -0.3 is 9.84 Å². The summed E-state index contributed by atoms with van der Waals surface area (Å²) in [4.78, 5) is 15.2. The van der Waals surface area contributed by atoms with Gasteiger partial charge in [-0.3, -0.25) is 4.99 Å². The molecule has 0 radical (unpaired) electrons. The SMILES string of the molecule is CCCCCCCOc1ccc(C=Nc2ccc(C(=O)O)cc2)cc1. The maximum absolute atomic E-state index is 10.8. The predicted octanol–water partition coefficient (Wildman–Crippen LogP) is 5.48. The normalized spacial score (nSPS) is 10.9. The van der Waals surface area contributed by atoms with Crippen molar-refractivity contribution in [2.24, 2.45) is 4.99 Å². The zero-order valence-corrected chi connectivity index (χ0v) is 14.6. The first-order valence-electron chi connectivity index (χ1n) is 8.79. The third-order valence-electron chi connectivity index (χ3n) is 3.87. The highest BCUT2D eigenvalue weighted by atomic mass is 16.5. The Morgan fingerprint density at radius 2 is 1.68 bits per heavy atom. The fraction of sp³-hybridized carbons (Fsp3) is 0.333. The van der Waals surface area contributed by atoms with Gasteiger partial charge in [0, 0.05) is 6.21 Å². The van der Waals surface area contributed by atoms with Crippen molar-refractivity contribution in [3.63, 3.8) is 0 Å². The highest BCUT2D eigenvalue weighted by Crippen LogP contribution is 2.15. The quantitative estimate of drug-likeness (QED) is 0.460. The first-order chi connectivity index (χ1) is 12.2. The third kappa shape index (κ3) is 6.79. The molecule has 0 aliphatic carbocycles. The Kier molecular flexibility index (Phi) is 7.70. The number of unbranched alkanes of at least 4 members (excludes halogenated alkanes) is 4. The molecular weight excluding hydrogens is 314 g/mol. The number of carboxylic acids is 1. The van der Waals surface area contributed by atoms with Crippen molar-refractivity contribution in [1.29, 1.82) is 0 Å². The van der Waals surface area contributed by atoms with Crippen LogP contribution in [-0.2, 0) is 0 Å². The maximum atomic E-state index is 10.8. The van der Waals surface area contributed by atoms with Gasteiger partial charge in [0.15, 0.2) is 0 Å². The average Bonchev–Trinajstić information content (AvgIpc) is 2.64. The Morgan fingerprint density at radius 3 is 2.32 bits per heavy atom. The number of carboxylic acid groups (broad SMARTS) is 1. The lowest BCUT2D eigenvalue weighted by atomic mass is 10.2. The molecule has 0 bridgehead atoms. The molecule has 25 heavy (non-hydrogen) atoms. The van der Waals surface area contributed by atoms with Gasteiger partial charge in [0.05, 0.1) is 17.9 Å². The van der Waals surface area contributed by atoms with Crippen LogP contribution >= 0.6 is 0 Å². The van der Waals surface area contributed by atoms with Crippen molar-refractivity contribution in [2.75, 3.05) is 6.61 Å². The lowest BCUT2D eigenvalue weighted by molar-refractivity contribution is 0.0697. The molecule has 4 heteroatoms. The molecule has 0 unspecified atom stereocenters. The minimum Gasteiger partial charge on any atom is -0.494 e. The summed E-state index contributed by atoms with van der Waals surface area (Å²) < 4.78 is 5.74. The monoisotopic (exact) mass is 339 g/mol. The van der Waals surface area contributed by atoms with Crippen molar-refractivity contribution in [1.82, 2.24) is 0 Å². The molecule has 0 saturated carbocycles. The van der Waals surface area contributed by atoms with Crippen LogP contribution in [0.15, 0.2) is 53.5 Å². The fourth-order valence-corrected chi connectivity index (χ4v) is 2.38. The van der Waals surface area contributed by atoms with E-state index in [0.29, 0.717) is 0 Å². The summed E-state index contributed by atoms with van der Waals surface area (Å²) in [5.41, 5.74) is 1.95. The molecule has 0 amide bonds. The highest BCUT2D eigenvalue weighted by Gasteiger charge is 2.00. The molecule has 4 nitrogen and oxygen atoms in total. The second-order valence-corrected chi connectivity index (χ2v) is 5.94. The van der Waals surface area contributed by atoms with E-state index in [1.54, 1.807) is 30.5 Å². The lowest BCUT2D eigenvalue weighted by Gasteiger charge is -2.06. The number of ether oxygens (including phenoxy) is 1. The van der Waals surface area contributed by atoms with Crippen LogP contribution in [0.2, 0.25) is 0 Å². The second kappa shape index (κ2) is 10.3. The van der Waals surface area contributed by atoms with Gasteiger partial charge in [-0.25, -0.2) is 4.79 Å². The Hall–Kier alpha value is -2.62. The standard InChI is InChI=1S/C21H25NO3/c1-2-3-4-5-6-15-25-20-13-7-17(8-14-20)16-22-19-11-9-18(10-12-19)21(23)24/h7-14,16H,2-6,15H2,1H3,(H,23,24). The van der Waals surface area contributed by atoms with Gasteiger partial charge in [-0.15, -0.1) is 0 Å². The number of carbonyl (C=O) groups is 1. The van der Waals surface area contributed by atoms with Gasteiger partial charge >= 0.3 is 5.97 Å². The first kappa shape index (κ1) is 18.7. The summed E-state index contributed by atoms with van der Waals surface area (Å²) >= 11 is 0. The molecule has 1 N–H and O–H groups in total. The maximum Gasteiger partial charge on any atom is 0.335 e. The van der Waals surface area contributed by atoms with E-state index < -0.39 is 5.97 Å². The van der Waals surface area contributed by atoms with Crippen molar-refractivity contribution < 1.29 is 14.6 Å². The number of nitrogens with zero attached hydrogens (tertiary/aromatic N) is 1. The zero-order chi connectivity index (χ0) is 17.9. The van der Waals surface area contributed by atoms with Crippen molar-refractivity contribution in [3.05, 3.63) is 59.7 Å². The highest BCUT2D eigenvalue weighted by molar-refractivity contribution is 5.88. The van der Waals surface area contributed by atoms with Crippen LogP contribution in [0.1, 0.15) is 54.9 Å². The summed E-state index contributed by atoms with van der Waals surface area (Å²) in [5.74, 6) is -0.0602. The van der Waals surface area contributed by atoms with Crippen LogP contribution in [0, 0.1) is 0 Å². The smallest absolute Gasteiger partial charge is 0.335 e. The van der Waals surface area contributed by atoms with E-state index in [9.17, 15) is 4.79 Å². The molecule has 2 aromatic carbocycles. The number of hydrogen-bond donors (Lipinski definition) is 1. The zero-order valence-electron chi connectivity index (χ0n) is 14.6. The second-order valence-electron chi connectivity index (χ2n) is 5.94. The van der Waals surface area contributed by atoms with Gasteiger partial charge in [-0.1, -0.05) is 32.6 Å². The van der Waals surface area contributed by atoms with E-state index in [0.717, 1.165) is 30.0 Å². The van der Waals surface area contributed by atoms with E-state index in [1.807, 2.05) is 24.3 Å². The van der Waals surface area contributed by atoms with Crippen LogP contribution in [0.5, 0.6) is 5.75 Å². The topological polar surface area (TPSA) is 58.9 Å². The summed E-state index contributed by atoms with van der Waals surface area (Å²) in [6.07, 6.45) is 7.91. The largest absolute Gasteiger partial charge is 0.494 e. The summed E-state index contributed by atoms with van der Waals surface area (Å²) in [6.45, 7) is 2.97. The number of aliphatic imine (C=N–C) groups is 1. The summed E-state index contributed by atoms with van der Waals surface area (Å²) in [5, 5.41) is 8.87. The van der Waals surface area contributed by atoms with Crippen LogP contribution < -0.4 is 4.74 Å². The molecule has 132 valence electrons. The minimum atomic E-state index is -0.934. The number of hydrogen-bond acceptors (Lipinski definition) is 3. The Labute approximate surface area is 149 Å². The number of rotatable bonds is 10. The van der Waals surface area contributed by atoms with Gasteiger partial charge in [0.25, 0.3) is 0 Å². The summed E-state index contributed by atoms with van der Waals surface area (Å²) in [7, 11) is 0. The molecular formula is C21H25NO3. The lowest BCUT2D eigenvalue weighted by Crippen LogP contribution is -1.97.